The number of nitrogens with zero attached hydrogens (tertiary/aromatic N) is 1. The van der Waals surface area contributed by atoms with E-state index in [1.54, 1.807) is 0 Å². The zero-order chi connectivity index (χ0) is 32.3. The van der Waals surface area contributed by atoms with Crippen molar-refractivity contribution in [3.8, 4) is 22.3 Å². The molecule has 2 nitrogen and oxygen atoms in total. The first-order valence-corrected chi connectivity index (χ1v) is 17.4. The summed E-state index contributed by atoms with van der Waals surface area (Å²) in [5.74, 6) is 0. The number of hydrogen-bond donors (Lipinski definition) is 0. The molecule has 0 aliphatic rings. The van der Waals surface area contributed by atoms with Gasteiger partial charge in [-0.3, -0.25) is 0 Å². The number of rotatable bonds is 5. The summed E-state index contributed by atoms with van der Waals surface area (Å²) in [6.07, 6.45) is 0. The first kappa shape index (κ1) is 27.9. The molecule has 0 aliphatic carbocycles. The third kappa shape index (κ3) is 4.70. The third-order valence-corrected chi connectivity index (χ3v) is 10.8. The molecule has 2 heterocycles. The van der Waals surface area contributed by atoms with Crippen LogP contribution in [0.3, 0.4) is 0 Å². The van der Waals surface area contributed by atoms with E-state index in [1.807, 2.05) is 23.5 Å². The first-order chi connectivity index (χ1) is 24.3. The molecule has 10 aromatic rings. The van der Waals surface area contributed by atoms with Crippen molar-refractivity contribution in [2.75, 3.05) is 4.90 Å². The van der Waals surface area contributed by atoms with Crippen molar-refractivity contribution in [1.82, 2.24) is 0 Å². The summed E-state index contributed by atoms with van der Waals surface area (Å²) in [7, 11) is 0. The maximum atomic E-state index is 6.34. The molecule has 0 aliphatic heterocycles. The highest BCUT2D eigenvalue weighted by Gasteiger charge is 2.17. The molecule has 0 unspecified atom stereocenters. The average molecular weight is 644 g/mol. The van der Waals surface area contributed by atoms with Gasteiger partial charge >= 0.3 is 0 Å². The van der Waals surface area contributed by atoms with Crippen molar-refractivity contribution in [2.45, 2.75) is 0 Å². The van der Waals surface area contributed by atoms with Crippen molar-refractivity contribution < 1.29 is 4.42 Å². The van der Waals surface area contributed by atoms with Gasteiger partial charge in [0, 0.05) is 54.1 Å². The largest absolute Gasteiger partial charge is 0.456 e. The number of fused-ring (bicyclic) bond motifs is 7. The van der Waals surface area contributed by atoms with Crippen molar-refractivity contribution in [3.63, 3.8) is 0 Å². The van der Waals surface area contributed by atoms with Gasteiger partial charge in [0.05, 0.1) is 0 Å². The normalized spacial score (nSPS) is 11.7. The van der Waals surface area contributed by atoms with Crippen LogP contribution in [0.15, 0.2) is 180 Å². The Morgan fingerprint density at radius 3 is 1.84 bits per heavy atom. The Kier molecular flexibility index (Phi) is 6.39. The van der Waals surface area contributed by atoms with Crippen LogP contribution >= 0.6 is 11.3 Å². The molecule has 0 atom stereocenters. The molecule has 230 valence electrons. The minimum atomic E-state index is 0.879. The Morgan fingerprint density at radius 1 is 0.367 bits per heavy atom. The summed E-state index contributed by atoms with van der Waals surface area (Å²) in [5.41, 5.74) is 9.82. The molecule has 0 amide bonds. The number of furan rings is 1. The standard InChI is InChI=1S/C46H29NOS/c1-2-9-30(10-3-1)31-17-21-34(22-18-31)47(36-25-26-39-38-12-4-6-15-43(38)48-44(39)28-36)35-23-19-32(20-24-35)37-14-8-11-33-27-46-42(29-41(33)37)40-13-5-7-16-45(40)49-46/h1-29H. The minimum Gasteiger partial charge on any atom is -0.456 e. The molecule has 10 rings (SSSR count). The Balaban J connectivity index is 1.09. The second-order valence-electron chi connectivity index (χ2n) is 12.5. The molecular formula is C46H29NOS. The summed E-state index contributed by atoms with van der Waals surface area (Å²) in [6.45, 7) is 0. The maximum absolute atomic E-state index is 6.34. The van der Waals surface area contributed by atoms with Gasteiger partial charge in [0.1, 0.15) is 11.2 Å². The van der Waals surface area contributed by atoms with E-state index < -0.39 is 0 Å². The molecule has 0 saturated heterocycles. The van der Waals surface area contributed by atoms with Gasteiger partial charge in [-0.05, 0) is 93.7 Å². The van der Waals surface area contributed by atoms with Gasteiger partial charge in [-0.15, -0.1) is 11.3 Å². The van der Waals surface area contributed by atoms with Crippen LogP contribution in [0.2, 0.25) is 0 Å². The monoisotopic (exact) mass is 643 g/mol. The zero-order valence-electron chi connectivity index (χ0n) is 26.5. The highest BCUT2D eigenvalue weighted by molar-refractivity contribution is 7.25. The highest BCUT2D eigenvalue weighted by atomic mass is 32.1. The maximum Gasteiger partial charge on any atom is 0.137 e. The topological polar surface area (TPSA) is 16.4 Å². The van der Waals surface area contributed by atoms with Gasteiger partial charge in [0.25, 0.3) is 0 Å². The fourth-order valence-corrected chi connectivity index (χ4v) is 8.41. The quantitative estimate of drug-likeness (QED) is 0.186. The molecule has 3 heteroatoms. The van der Waals surface area contributed by atoms with E-state index >= 15 is 0 Å². The summed E-state index contributed by atoms with van der Waals surface area (Å²) < 4.78 is 9.00. The average Bonchev–Trinajstić information content (AvgIpc) is 3.72. The fourth-order valence-electron chi connectivity index (χ4n) is 7.27. The van der Waals surface area contributed by atoms with Crippen molar-refractivity contribution in [2.24, 2.45) is 0 Å². The molecule has 0 saturated carbocycles. The van der Waals surface area contributed by atoms with Crippen LogP contribution in [0.1, 0.15) is 0 Å². The van der Waals surface area contributed by atoms with Crippen molar-refractivity contribution in [1.29, 1.82) is 0 Å². The molecular weight excluding hydrogens is 615 g/mol. The van der Waals surface area contributed by atoms with Gasteiger partial charge < -0.3 is 9.32 Å². The van der Waals surface area contributed by atoms with E-state index in [0.29, 0.717) is 0 Å². The second kappa shape index (κ2) is 11.2. The van der Waals surface area contributed by atoms with Gasteiger partial charge in [0.15, 0.2) is 0 Å². The molecule has 0 spiro atoms. The Hall–Kier alpha value is -6.16. The highest BCUT2D eigenvalue weighted by Crippen LogP contribution is 2.42. The Bertz CT molecular complexity index is 2810. The lowest BCUT2D eigenvalue weighted by atomic mass is 9.96. The van der Waals surface area contributed by atoms with Crippen LogP contribution < -0.4 is 4.90 Å². The molecule has 2 aromatic heterocycles. The summed E-state index contributed by atoms with van der Waals surface area (Å²) in [6, 6.07) is 63.2. The fraction of sp³-hybridized carbons (Fsp3) is 0. The Morgan fingerprint density at radius 2 is 1.02 bits per heavy atom. The lowest BCUT2D eigenvalue weighted by molar-refractivity contribution is 0.669. The smallest absolute Gasteiger partial charge is 0.137 e. The van der Waals surface area contributed by atoms with Crippen molar-refractivity contribution in [3.05, 3.63) is 176 Å². The van der Waals surface area contributed by atoms with E-state index in [1.165, 1.54) is 53.2 Å². The predicted molar refractivity (Wildman–Crippen MR) is 210 cm³/mol. The lowest BCUT2D eigenvalue weighted by Gasteiger charge is -2.26. The second-order valence-corrected chi connectivity index (χ2v) is 13.6. The molecule has 0 fully saturated rings. The molecule has 0 radical (unpaired) electrons. The van der Waals surface area contributed by atoms with E-state index in [-0.39, 0.29) is 0 Å². The lowest BCUT2D eigenvalue weighted by Crippen LogP contribution is -2.09. The van der Waals surface area contributed by atoms with Crippen molar-refractivity contribution >= 4 is 81.3 Å². The van der Waals surface area contributed by atoms with E-state index in [9.17, 15) is 0 Å². The van der Waals surface area contributed by atoms with E-state index in [2.05, 4.69) is 169 Å². The van der Waals surface area contributed by atoms with Crippen LogP contribution in [0.25, 0.3) is 75.1 Å². The van der Waals surface area contributed by atoms with Crippen LogP contribution in [0, 0.1) is 0 Å². The van der Waals surface area contributed by atoms with E-state index in [0.717, 1.165) is 39.0 Å². The van der Waals surface area contributed by atoms with Crippen LogP contribution in [-0.4, -0.2) is 0 Å². The van der Waals surface area contributed by atoms with Crippen LogP contribution in [-0.2, 0) is 0 Å². The van der Waals surface area contributed by atoms with Gasteiger partial charge in [-0.2, -0.15) is 0 Å². The van der Waals surface area contributed by atoms with Gasteiger partial charge in [-0.25, -0.2) is 0 Å². The first-order valence-electron chi connectivity index (χ1n) is 16.6. The molecule has 0 bridgehead atoms. The molecule has 0 N–H and O–H groups in total. The number of hydrogen-bond acceptors (Lipinski definition) is 3. The number of thiophene rings is 1. The van der Waals surface area contributed by atoms with E-state index in [4.69, 9.17) is 4.42 Å². The summed E-state index contributed by atoms with van der Waals surface area (Å²) in [4.78, 5) is 2.31. The molecule has 49 heavy (non-hydrogen) atoms. The van der Waals surface area contributed by atoms with Gasteiger partial charge in [0.2, 0.25) is 0 Å². The SMILES string of the molecule is c1ccc(-c2ccc(N(c3ccc(-c4cccc5cc6sc7ccccc7c6cc45)cc3)c3ccc4c(c3)oc3ccccc34)cc2)cc1. The van der Waals surface area contributed by atoms with Gasteiger partial charge in [-0.1, -0.05) is 109 Å². The minimum absolute atomic E-state index is 0.879. The van der Waals surface area contributed by atoms with Crippen LogP contribution in [0.4, 0.5) is 17.1 Å². The predicted octanol–water partition coefficient (Wildman–Crippen LogP) is 13.9. The Labute approximate surface area is 287 Å². The summed E-state index contributed by atoms with van der Waals surface area (Å²) in [5, 5.41) is 7.44. The zero-order valence-corrected chi connectivity index (χ0v) is 27.3. The van der Waals surface area contributed by atoms with Crippen LogP contribution in [0.5, 0.6) is 0 Å². The summed E-state index contributed by atoms with van der Waals surface area (Å²) >= 11 is 1.87. The molecule has 8 aromatic carbocycles. The number of anilines is 3. The number of para-hydroxylation sites is 1. The number of benzene rings is 8. The third-order valence-electron chi connectivity index (χ3n) is 9.67.